The van der Waals surface area contributed by atoms with Crippen LogP contribution in [0.3, 0.4) is 0 Å². The molecule has 4 nitrogen and oxygen atoms in total. The van der Waals surface area contributed by atoms with Crippen LogP contribution < -0.4 is 10.9 Å². The van der Waals surface area contributed by atoms with E-state index in [1.54, 1.807) is 11.3 Å². The molecular formula is C19H20BrN3OS. The summed E-state index contributed by atoms with van der Waals surface area (Å²) in [5.41, 5.74) is 2.22. The van der Waals surface area contributed by atoms with Crippen LogP contribution in [0.15, 0.2) is 33.5 Å². The molecule has 3 aromatic rings. The van der Waals surface area contributed by atoms with E-state index in [1.807, 2.05) is 31.2 Å². The first-order valence-electron chi connectivity index (χ1n) is 8.58. The third-order valence-electron chi connectivity index (χ3n) is 4.82. The Kier molecular flexibility index (Phi) is 4.41. The molecule has 6 heteroatoms. The number of thiophene rings is 1. The number of halogens is 1. The molecule has 4 rings (SSSR count). The van der Waals surface area contributed by atoms with Crippen molar-refractivity contribution in [2.45, 2.75) is 39.2 Å². The summed E-state index contributed by atoms with van der Waals surface area (Å²) in [5, 5.41) is 4.21. The normalized spacial score (nSPS) is 18.1. The van der Waals surface area contributed by atoms with Gasteiger partial charge >= 0.3 is 0 Å². The quantitative estimate of drug-likeness (QED) is 0.626. The molecular weight excluding hydrogens is 398 g/mol. The Morgan fingerprint density at radius 1 is 1.36 bits per heavy atom. The van der Waals surface area contributed by atoms with Gasteiger partial charge in [0.1, 0.15) is 10.7 Å². The number of nitrogens with zero attached hydrogens (tertiary/aromatic N) is 1. The van der Waals surface area contributed by atoms with Gasteiger partial charge in [-0.1, -0.05) is 22.9 Å². The molecule has 0 unspecified atom stereocenters. The van der Waals surface area contributed by atoms with E-state index in [0.29, 0.717) is 11.7 Å². The van der Waals surface area contributed by atoms with E-state index in [1.165, 1.54) is 10.4 Å². The third kappa shape index (κ3) is 3.25. The number of aromatic nitrogens is 2. The molecule has 1 aromatic carbocycles. The lowest BCUT2D eigenvalue weighted by Crippen LogP contribution is -2.18. The Balaban J connectivity index is 1.68. The number of anilines is 1. The molecule has 0 spiro atoms. The summed E-state index contributed by atoms with van der Waals surface area (Å²) in [6.45, 7) is 4.29. The SMILES string of the molecule is C[C@H]1CCc2c(sc3nc([C@H](C)Nc4ccc(Br)cc4)[nH]c(=O)c23)C1. The first-order valence-corrected chi connectivity index (χ1v) is 10.2. The van der Waals surface area contributed by atoms with E-state index < -0.39 is 0 Å². The summed E-state index contributed by atoms with van der Waals surface area (Å²) in [4.78, 5) is 22.7. The van der Waals surface area contributed by atoms with Crippen LogP contribution in [0.5, 0.6) is 0 Å². The van der Waals surface area contributed by atoms with Gasteiger partial charge in [-0.05, 0) is 61.9 Å². The van der Waals surface area contributed by atoms with Crippen molar-refractivity contribution in [2.75, 3.05) is 5.32 Å². The largest absolute Gasteiger partial charge is 0.375 e. The molecule has 2 aromatic heterocycles. The molecule has 0 amide bonds. The van der Waals surface area contributed by atoms with E-state index in [0.717, 1.165) is 39.6 Å². The average Bonchev–Trinajstić information content (AvgIpc) is 2.94. The van der Waals surface area contributed by atoms with Crippen molar-refractivity contribution in [3.8, 4) is 0 Å². The highest BCUT2D eigenvalue weighted by Gasteiger charge is 2.23. The number of hydrogen-bond acceptors (Lipinski definition) is 4. The monoisotopic (exact) mass is 417 g/mol. The van der Waals surface area contributed by atoms with Gasteiger partial charge in [-0.25, -0.2) is 4.98 Å². The zero-order valence-corrected chi connectivity index (χ0v) is 16.6. The third-order valence-corrected chi connectivity index (χ3v) is 6.50. The van der Waals surface area contributed by atoms with E-state index in [-0.39, 0.29) is 11.6 Å². The molecule has 0 radical (unpaired) electrons. The molecule has 0 saturated carbocycles. The first-order chi connectivity index (χ1) is 12.0. The molecule has 0 fully saturated rings. The number of aryl methyl sites for hydroxylation is 1. The fourth-order valence-corrected chi connectivity index (χ4v) is 5.09. The smallest absolute Gasteiger partial charge is 0.259 e. The van der Waals surface area contributed by atoms with Crippen LogP contribution in [0.1, 0.15) is 42.6 Å². The van der Waals surface area contributed by atoms with Gasteiger partial charge in [-0.15, -0.1) is 11.3 Å². The van der Waals surface area contributed by atoms with E-state index in [2.05, 4.69) is 33.2 Å². The molecule has 2 N–H and O–H groups in total. The summed E-state index contributed by atoms with van der Waals surface area (Å²) in [6, 6.07) is 7.91. The van der Waals surface area contributed by atoms with Crippen LogP contribution in [0.25, 0.3) is 10.2 Å². The highest BCUT2D eigenvalue weighted by molar-refractivity contribution is 9.10. The standard InChI is InChI=1S/C19H20BrN3OS/c1-10-3-8-14-15(9-10)25-19-16(14)18(24)22-17(23-19)11(2)21-13-6-4-12(20)5-7-13/h4-7,10-11,21H,3,8-9H2,1-2H3,(H,22,23,24)/t10-,11-/m0/s1. The summed E-state index contributed by atoms with van der Waals surface area (Å²) in [5.74, 6) is 1.38. The second-order valence-corrected chi connectivity index (χ2v) is 8.86. The molecule has 0 saturated heterocycles. The summed E-state index contributed by atoms with van der Waals surface area (Å²) < 4.78 is 1.04. The molecule has 1 aliphatic carbocycles. The number of aromatic amines is 1. The van der Waals surface area contributed by atoms with Crippen LogP contribution in [0.2, 0.25) is 0 Å². The lowest BCUT2D eigenvalue weighted by molar-refractivity contribution is 0.509. The Hall–Kier alpha value is -1.66. The van der Waals surface area contributed by atoms with E-state index in [4.69, 9.17) is 4.98 Å². The van der Waals surface area contributed by atoms with Crippen LogP contribution in [0, 0.1) is 5.92 Å². The van der Waals surface area contributed by atoms with Gasteiger partial charge in [-0.2, -0.15) is 0 Å². The number of benzene rings is 1. The number of H-pyrrole nitrogens is 1. The first kappa shape index (κ1) is 16.8. The summed E-state index contributed by atoms with van der Waals surface area (Å²) in [7, 11) is 0. The molecule has 0 aliphatic heterocycles. The number of fused-ring (bicyclic) bond motifs is 3. The summed E-state index contributed by atoms with van der Waals surface area (Å²) in [6.07, 6.45) is 3.21. The Bertz CT molecular complexity index is 977. The van der Waals surface area contributed by atoms with Gasteiger partial charge in [0.05, 0.1) is 11.4 Å². The van der Waals surface area contributed by atoms with Gasteiger partial charge in [0, 0.05) is 15.0 Å². The predicted octanol–water partition coefficient (Wildman–Crippen LogP) is 5.05. The summed E-state index contributed by atoms with van der Waals surface area (Å²) >= 11 is 5.13. The molecule has 0 bridgehead atoms. The maximum Gasteiger partial charge on any atom is 0.259 e. The fourth-order valence-electron chi connectivity index (χ4n) is 3.44. The zero-order chi connectivity index (χ0) is 17.6. The van der Waals surface area contributed by atoms with Gasteiger partial charge in [0.2, 0.25) is 0 Å². The second kappa shape index (κ2) is 6.57. The van der Waals surface area contributed by atoms with Gasteiger partial charge in [0.15, 0.2) is 0 Å². The minimum Gasteiger partial charge on any atom is -0.375 e. The lowest BCUT2D eigenvalue weighted by atomic mass is 9.89. The van der Waals surface area contributed by atoms with Gasteiger partial charge in [-0.3, -0.25) is 4.79 Å². The fraction of sp³-hybridized carbons (Fsp3) is 0.368. The Labute approximate surface area is 158 Å². The van der Waals surface area contributed by atoms with Crippen LogP contribution >= 0.6 is 27.3 Å². The van der Waals surface area contributed by atoms with Crippen molar-refractivity contribution in [3.63, 3.8) is 0 Å². The molecule has 2 heterocycles. The van der Waals surface area contributed by atoms with Gasteiger partial charge < -0.3 is 10.3 Å². The number of rotatable bonds is 3. The number of nitrogens with one attached hydrogen (secondary N) is 2. The average molecular weight is 418 g/mol. The van der Waals surface area contributed by atoms with Crippen molar-refractivity contribution in [2.24, 2.45) is 5.92 Å². The maximum absolute atomic E-state index is 12.7. The van der Waals surface area contributed by atoms with E-state index >= 15 is 0 Å². The van der Waals surface area contributed by atoms with Crippen LogP contribution in [0.4, 0.5) is 5.69 Å². The molecule has 130 valence electrons. The minimum atomic E-state index is -0.0728. The van der Waals surface area contributed by atoms with Crippen molar-refractivity contribution in [3.05, 3.63) is 55.4 Å². The highest BCUT2D eigenvalue weighted by Crippen LogP contribution is 2.36. The second-order valence-electron chi connectivity index (χ2n) is 6.86. The van der Waals surface area contributed by atoms with Crippen molar-refractivity contribution in [1.82, 2.24) is 9.97 Å². The number of hydrogen-bond donors (Lipinski definition) is 2. The van der Waals surface area contributed by atoms with E-state index in [9.17, 15) is 4.79 Å². The predicted molar refractivity (Wildman–Crippen MR) is 108 cm³/mol. The lowest BCUT2D eigenvalue weighted by Gasteiger charge is -2.17. The molecule has 1 aliphatic rings. The molecule has 25 heavy (non-hydrogen) atoms. The van der Waals surface area contributed by atoms with Crippen LogP contribution in [-0.4, -0.2) is 9.97 Å². The topological polar surface area (TPSA) is 57.8 Å². The highest BCUT2D eigenvalue weighted by atomic mass is 79.9. The molecule has 2 atom stereocenters. The van der Waals surface area contributed by atoms with Gasteiger partial charge in [0.25, 0.3) is 5.56 Å². The van der Waals surface area contributed by atoms with Crippen molar-refractivity contribution < 1.29 is 0 Å². The van der Waals surface area contributed by atoms with Crippen molar-refractivity contribution >= 4 is 43.2 Å². The minimum absolute atomic E-state index is 0.00323. The van der Waals surface area contributed by atoms with Crippen LogP contribution in [-0.2, 0) is 12.8 Å². The van der Waals surface area contributed by atoms with Crippen molar-refractivity contribution in [1.29, 1.82) is 0 Å². The Morgan fingerprint density at radius 2 is 2.12 bits per heavy atom. The zero-order valence-electron chi connectivity index (χ0n) is 14.2. The Morgan fingerprint density at radius 3 is 2.88 bits per heavy atom. The maximum atomic E-state index is 12.7.